The minimum Gasteiger partial charge on any atom is -0.501 e. The number of pyridine rings is 2. The largest absolute Gasteiger partial charge is 0.501 e. The first-order valence-corrected chi connectivity index (χ1v) is 22.5. The van der Waals surface area contributed by atoms with Gasteiger partial charge in [0.25, 0.3) is 0 Å². The molecule has 1 aliphatic carbocycles. The van der Waals surface area contributed by atoms with Gasteiger partial charge < -0.3 is 14.4 Å². The summed E-state index contributed by atoms with van der Waals surface area (Å²) in [5, 5.41) is 3.76. The smallest absolute Gasteiger partial charge is 0.121 e. The van der Waals surface area contributed by atoms with E-state index < -0.39 is 8.07 Å². The van der Waals surface area contributed by atoms with E-state index in [0.717, 1.165) is 55.9 Å². The Labute approximate surface area is 330 Å². The summed E-state index contributed by atoms with van der Waals surface area (Å²) in [6, 6.07) is 40.3. The van der Waals surface area contributed by atoms with E-state index in [9.17, 15) is 0 Å². The first-order chi connectivity index (χ1) is 25.2. The molecule has 0 unspecified atom stereocenters. The fourth-order valence-electron chi connectivity index (χ4n) is 7.66. The number of aromatic nitrogens is 2. The van der Waals surface area contributed by atoms with Crippen LogP contribution in [-0.4, -0.2) is 18.0 Å². The molecule has 0 atom stereocenters. The van der Waals surface area contributed by atoms with Crippen molar-refractivity contribution in [3.05, 3.63) is 138 Å². The first-order valence-electron chi connectivity index (χ1n) is 19.0. The van der Waals surface area contributed by atoms with Crippen LogP contribution in [0.25, 0.3) is 55.6 Å². The van der Waals surface area contributed by atoms with Crippen molar-refractivity contribution in [2.45, 2.75) is 84.9 Å². The Balaban J connectivity index is 0.000000180. The second-order valence-corrected chi connectivity index (χ2v) is 20.9. The van der Waals surface area contributed by atoms with Gasteiger partial charge in [0.05, 0.1) is 13.7 Å². The molecular formula is C48H50IrN2OSi-2. The quantitative estimate of drug-likeness (QED) is 0.118. The van der Waals surface area contributed by atoms with Crippen molar-refractivity contribution in [3.63, 3.8) is 0 Å². The fourth-order valence-corrected chi connectivity index (χ4v) is 9.25. The standard InChI is InChI=1S/C26H20NO.C22H30NSi.Ir/c1-17(2)19-13-14-27-24(15-19)23-10-6-9-22-21-12-11-20(16-25(21)28-26(22)23)18-7-4-3-5-8-18;1-17-10-8-9-13-20(17)21-15-19(14-18-11-6-5-7-12-18)22(16-23-21)24(2,3)4;/h3-9,11-17H,1-2H3;8-10,15-16,18H,5-7,11-12,14H2,1-4H3;/q2*-1;. The number of benzene rings is 4. The molecule has 1 saturated carbocycles. The molecule has 0 spiro atoms. The van der Waals surface area contributed by atoms with Gasteiger partial charge in [0.15, 0.2) is 0 Å². The molecule has 53 heavy (non-hydrogen) atoms. The molecular weight excluding hydrogens is 841 g/mol. The van der Waals surface area contributed by atoms with Gasteiger partial charge in [-0.15, -0.1) is 53.6 Å². The zero-order valence-electron chi connectivity index (χ0n) is 31.9. The fraction of sp³-hybridized carbons (Fsp3) is 0.292. The predicted octanol–water partition coefficient (Wildman–Crippen LogP) is 12.8. The number of fused-ring (bicyclic) bond motifs is 3. The van der Waals surface area contributed by atoms with E-state index in [2.05, 4.69) is 143 Å². The second kappa shape index (κ2) is 16.9. The monoisotopic (exact) mass is 891 g/mol. The Morgan fingerprint density at radius 3 is 2.25 bits per heavy atom. The van der Waals surface area contributed by atoms with Crippen LogP contribution in [0.3, 0.4) is 0 Å². The van der Waals surface area contributed by atoms with Crippen LogP contribution < -0.4 is 5.19 Å². The van der Waals surface area contributed by atoms with E-state index in [-0.39, 0.29) is 20.1 Å². The summed E-state index contributed by atoms with van der Waals surface area (Å²) in [5.74, 6) is 1.31. The SMILES string of the molecule is CC(C)c1ccnc(-c2[c-]ccc3c2oc2cc(-c4ccccc4)ccc23)c1.Cc1ccc[c-]c1-c1cc(CC2CCCCC2)c([Si](C)(C)C)cn1.[Ir]. The Kier molecular flexibility index (Phi) is 12.3. The molecule has 3 aromatic heterocycles. The maximum Gasteiger partial charge on any atom is 0.121 e. The number of furan rings is 1. The number of hydrogen-bond acceptors (Lipinski definition) is 3. The van der Waals surface area contributed by atoms with Crippen molar-refractivity contribution < 1.29 is 24.5 Å². The average Bonchev–Trinajstić information content (AvgIpc) is 3.54. The zero-order valence-corrected chi connectivity index (χ0v) is 35.3. The van der Waals surface area contributed by atoms with Crippen molar-refractivity contribution >= 4 is 35.2 Å². The van der Waals surface area contributed by atoms with Crippen LogP contribution in [0.1, 0.15) is 68.6 Å². The molecule has 1 fully saturated rings. The second-order valence-electron chi connectivity index (χ2n) is 15.8. The van der Waals surface area contributed by atoms with Crippen molar-refractivity contribution in [2.75, 3.05) is 0 Å². The number of aryl methyl sites for hydroxylation is 1. The normalized spacial score (nSPS) is 13.5. The van der Waals surface area contributed by atoms with Gasteiger partial charge in [-0.05, 0) is 58.1 Å². The van der Waals surface area contributed by atoms with Crippen molar-refractivity contribution in [3.8, 4) is 33.6 Å². The Morgan fingerprint density at radius 1 is 0.755 bits per heavy atom. The van der Waals surface area contributed by atoms with E-state index in [1.165, 1.54) is 55.2 Å². The molecule has 0 saturated heterocycles. The van der Waals surface area contributed by atoms with Crippen molar-refractivity contribution in [1.82, 2.24) is 9.97 Å². The molecule has 1 aliphatic rings. The first kappa shape index (κ1) is 38.6. The van der Waals surface area contributed by atoms with Crippen LogP contribution in [0.15, 0.2) is 114 Å². The van der Waals surface area contributed by atoms with E-state index in [0.29, 0.717) is 5.92 Å². The summed E-state index contributed by atoms with van der Waals surface area (Å²) in [5.41, 5.74) is 12.2. The van der Waals surface area contributed by atoms with Gasteiger partial charge in [-0.25, -0.2) is 0 Å². The number of nitrogens with zero attached hydrogens (tertiary/aromatic N) is 2. The maximum absolute atomic E-state index is 6.33. The molecule has 0 bridgehead atoms. The molecule has 0 amide bonds. The summed E-state index contributed by atoms with van der Waals surface area (Å²) >= 11 is 0. The zero-order chi connectivity index (χ0) is 36.2. The van der Waals surface area contributed by atoms with E-state index in [1.54, 1.807) is 10.8 Å². The topological polar surface area (TPSA) is 38.9 Å². The third-order valence-electron chi connectivity index (χ3n) is 10.6. The van der Waals surface area contributed by atoms with Crippen LogP contribution in [0.2, 0.25) is 19.6 Å². The van der Waals surface area contributed by atoms with Crippen molar-refractivity contribution in [2.24, 2.45) is 5.92 Å². The summed E-state index contributed by atoms with van der Waals surface area (Å²) in [6.45, 7) is 13.8. The van der Waals surface area contributed by atoms with Crippen LogP contribution in [0.4, 0.5) is 0 Å². The predicted molar refractivity (Wildman–Crippen MR) is 222 cm³/mol. The molecule has 7 aromatic rings. The number of rotatable bonds is 7. The maximum atomic E-state index is 6.33. The number of hydrogen-bond donors (Lipinski definition) is 0. The molecule has 3 nitrogen and oxygen atoms in total. The molecule has 5 heteroatoms. The van der Waals surface area contributed by atoms with Gasteiger partial charge in [0.2, 0.25) is 0 Å². The summed E-state index contributed by atoms with van der Waals surface area (Å²) in [4.78, 5) is 9.42. The molecule has 0 aliphatic heterocycles. The average molecular weight is 891 g/mol. The van der Waals surface area contributed by atoms with Crippen LogP contribution in [0, 0.1) is 25.0 Å². The molecule has 273 valence electrons. The van der Waals surface area contributed by atoms with Gasteiger partial charge in [0.1, 0.15) is 5.58 Å². The molecule has 4 aromatic carbocycles. The van der Waals surface area contributed by atoms with Crippen LogP contribution in [-0.2, 0) is 26.5 Å². The molecule has 1 radical (unpaired) electrons. The third-order valence-corrected chi connectivity index (χ3v) is 12.7. The molecule has 3 heterocycles. The van der Waals surface area contributed by atoms with Crippen LogP contribution >= 0.6 is 0 Å². The van der Waals surface area contributed by atoms with E-state index in [1.807, 2.05) is 24.4 Å². The Bertz CT molecular complexity index is 2300. The Hall–Kier alpha value is -4.15. The molecule has 8 rings (SSSR count). The van der Waals surface area contributed by atoms with Gasteiger partial charge >= 0.3 is 0 Å². The summed E-state index contributed by atoms with van der Waals surface area (Å²) in [6.07, 6.45) is 12.3. The molecule has 0 N–H and O–H groups in total. The Morgan fingerprint density at radius 2 is 1.51 bits per heavy atom. The summed E-state index contributed by atoms with van der Waals surface area (Å²) in [7, 11) is -1.37. The summed E-state index contributed by atoms with van der Waals surface area (Å²) < 4.78 is 6.33. The van der Waals surface area contributed by atoms with Gasteiger partial charge in [-0.3, -0.25) is 0 Å². The third kappa shape index (κ3) is 8.81. The van der Waals surface area contributed by atoms with Crippen LogP contribution in [0.5, 0.6) is 0 Å². The minimum atomic E-state index is -1.37. The van der Waals surface area contributed by atoms with Crippen molar-refractivity contribution in [1.29, 1.82) is 0 Å². The van der Waals surface area contributed by atoms with E-state index >= 15 is 0 Å². The van der Waals surface area contributed by atoms with Gasteiger partial charge in [-0.1, -0.05) is 149 Å². The van der Waals surface area contributed by atoms with Gasteiger partial charge in [-0.2, -0.15) is 0 Å². The van der Waals surface area contributed by atoms with Gasteiger partial charge in [0, 0.05) is 37.9 Å². The van der Waals surface area contributed by atoms with E-state index in [4.69, 9.17) is 9.40 Å². The minimum absolute atomic E-state index is 0.